The van der Waals surface area contributed by atoms with Crippen LogP contribution in [0.15, 0.2) is 152 Å². The first-order valence-electron chi connectivity index (χ1n) is 48.4. The maximum atomic E-state index is 12.1. The fourth-order valence-corrected chi connectivity index (χ4v) is 18.9. The van der Waals surface area contributed by atoms with E-state index in [1.807, 2.05) is 148 Å². The van der Waals surface area contributed by atoms with Gasteiger partial charge < -0.3 is 97.5 Å². The average molecular weight is 1920 g/mol. The van der Waals surface area contributed by atoms with Crippen molar-refractivity contribution >= 4 is 94.1 Å². The first-order chi connectivity index (χ1) is 67.0. The van der Waals surface area contributed by atoms with E-state index in [0.717, 1.165) is 204 Å². The van der Waals surface area contributed by atoms with Gasteiger partial charge in [0.2, 0.25) is 11.8 Å². The lowest BCUT2D eigenvalue weighted by molar-refractivity contribution is -0.120. The number of amidine groups is 7. The molecule has 0 unspecified atom stereocenters. The van der Waals surface area contributed by atoms with Crippen LogP contribution in [0, 0.1) is 10.8 Å². The van der Waals surface area contributed by atoms with Gasteiger partial charge in [-0.25, -0.2) is 4.79 Å². The summed E-state index contributed by atoms with van der Waals surface area (Å²) in [5.74, 6) is 4.94. The van der Waals surface area contributed by atoms with Crippen molar-refractivity contribution in [3.63, 3.8) is 0 Å². The number of ketones is 1. The van der Waals surface area contributed by atoms with Gasteiger partial charge in [0.05, 0.1) is 104 Å². The molecule has 7 aromatic carbocycles. The fraction of sp³-hybridized carbons (Fsp3) is 0.453. The van der Waals surface area contributed by atoms with Gasteiger partial charge in [0, 0.05) is 62.8 Å². The van der Waals surface area contributed by atoms with Gasteiger partial charge in [-0.2, -0.15) is 25.0 Å². The summed E-state index contributed by atoms with van der Waals surface area (Å²) < 4.78 is 46.7. The van der Waals surface area contributed by atoms with Crippen molar-refractivity contribution in [2.45, 2.75) is 257 Å². The molecule has 20 rings (SSSR count). The van der Waals surface area contributed by atoms with Crippen LogP contribution in [0.5, 0.6) is 34.5 Å². The molecule has 11 aliphatic heterocycles. The van der Waals surface area contributed by atoms with E-state index in [2.05, 4.69) is 46.2 Å². The molecule has 6 fully saturated rings. The number of ether oxygens (including phenoxy) is 8. The van der Waals surface area contributed by atoms with Crippen molar-refractivity contribution in [2.24, 2.45) is 53.6 Å². The summed E-state index contributed by atoms with van der Waals surface area (Å²) in [5.41, 5.74) is 41.7. The number of likely N-dealkylation sites (tertiary alicyclic amines) is 1. The van der Waals surface area contributed by atoms with Crippen molar-refractivity contribution in [1.29, 1.82) is 10.8 Å². The van der Waals surface area contributed by atoms with E-state index < -0.39 is 5.60 Å². The molecule has 4 saturated heterocycles. The van der Waals surface area contributed by atoms with Gasteiger partial charge in [0.25, 0.3) is 29.5 Å². The minimum Gasteiger partial charge on any atom is -0.491 e. The number of unbranched alkanes of at least 4 members (excludes halogenated alkanes) is 1. The summed E-state index contributed by atoms with van der Waals surface area (Å²) in [6, 6.07) is 40.7. The molecule has 8 amide bonds. The number of carbonyl (C=O) groups excluding carboxylic acids is 9. The Labute approximate surface area is 816 Å². The van der Waals surface area contributed by atoms with E-state index in [1.165, 1.54) is 44.9 Å². The normalized spacial score (nSPS) is 19.1. The van der Waals surface area contributed by atoms with Crippen molar-refractivity contribution < 1.29 is 81.0 Å². The second-order valence-electron chi connectivity index (χ2n) is 37.5. The Kier molecular flexibility index (Phi) is 36.3. The molecule has 2 aliphatic carbocycles. The van der Waals surface area contributed by atoms with E-state index in [0.29, 0.717) is 107 Å². The van der Waals surface area contributed by atoms with Gasteiger partial charge in [-0.3, -0.25) is 44.4 Å². The molecule has 2 saturated carbocycles. The zero-order chi connectivity index (χ0) is 98.2. The number of piperidine rings is 1. The Morgan fingerprint density at radius 2 is 0.721 bits per heavy atom. The van der Waals surface area contributed by atoms with Gasteiger partial charge in [-0.05, 0) is 218 Å². The predicted molar refractivity (Wildman–Crippen MR) is 534 cm³/mol. The number of fused-ring (bicyclic) bond motifs is 7. The van der Waals surface area contributed by atoms with Crippen LogP contribution in [0.4, 0.5) is 4.79 Å². The first-order valence-corrected chi connectivity index (χ1v) is 48.4. The highest BCUT2D eigenvalue weighted by Gasteiger charge is 2.35. The van der Waals surface area contributed by atoms with Gasteiger partial charge in [-0.1, -0.05) is 105 Å². The Bertz CT molecular complexity index is 5700. The first kappa shape index (κ1) is 104. The number of aryl methyl sites for hydroxylation is 1. The maximum absolute atomic E-state index is 12.1. The summed E-state index contributed by atoms with van der Waals surface area (Å²) in [6.07, 6.45) is 24.1. The van der Waals surface area contributed by atoms with Crippen molar-refractivity contribution in [3.8, 4) is 34.5 Å². The summed E-state index contributed by atoms with van der Waals surface area (Å²) >= 11 is 0. The lowest BCUT2D eigenvalue weighted by atomic mass is 9.92. The predicted octanol–water partition coefficient (Wildman–Crippen LogP) is 11.3. The van der Waals surface area contributed by atoms with Crippen LogP contribution in [-0.2, 0) is 99.2 Å². The van der Waals surface area contributed by atoms with Gasteiger partial charge >= 0.3 is 6.09 Å². The number of amides is 8. The zero-order valence-corrected chi connectivity index (χ0v) is 79.6. The highest BCUT2D eigenvalue weighted by atomic mass is 16.6. The van der Waals surface area contributed by atoms with Crippen LogP contribution in [0.2, 0.25) is 0 Å². The minimum atomic E-state index is -0.502. The van der Waals surface area contributed by atoms with E-state index >= 15 is 0 Å². The lowest BCUT2D eigenvalue weighted by Crippen LogP contribution is -2.44. The molecule has 7 aromatic rings. The summed E-state index contributed by atoms with van der Waals surface area (Å²) in [4.78, 5) is 124. The summed E-state index contributed by atoms with van der Waals surface area (Å²) in [7, 11) is 0. The Morgan fingerprint density at radius 3 is 1.09 bits per heavy atom. The van der Waals surface area contributed by atoms with Crippen LogP contribution in [-0.4, -0.2) is 194 Å². The molecule has 2 atom stereocenters. The molecule has 0 aromatic heterocycles. The number of hydrogen-bond acceptors (Lipinski definition) is 26. The van der Waals surface area contributed by atoms with E-state index in [4.69, 9.17) is 77.4 Å². The van der Waals surface area contributed by atoms with Crippen LogP contribution < -0.4 is 78.4 Å². The second-order valence-corrected chi connectivity index (χ2v) is 37.5. The van der Waals surface area contributed by atoms with E-state index in [1.54, 1.807) is 11.8 Å². The Balaban J connectivity index is 0.000000138. The maximum Gasteiger partial charge on any atom is 0.410 e. The lowest BCUT2D eigenvalue weighted by Gasteiger charge is -2.34. The summed E-state index contributed by atoms with van der Waals surface area (Å²) in [6.45, 7) is 13.1. The van der Waals surface area contributed by atoms with E-state index in [-0.39, 0.29) is 132 Å². The number of rotatable bonds is 19. The molecule has 13 aliphatic rings. The van der Waals surface area contributed by atoms with Gasteiger partial charge in [0.15, 0.2) is 0 Å². The standard InChI is InChI=1S/C19H25N3O4.2C15H18N2O2.2C14H17N3O2.C14H16N2O3.C14H16N2O2.CH4/c1-19(2,3)26-18(24)22-9-7-13(8-10-22)25-14-6-4-5-12-11-15(23)21-17(20)16(12)14;16-15-14-10(9-13(18)17-15)5-4-8-12(14)19-11-6-2-1-3-7-11;1-10(18)5-2-3-6-11-7-4-8-12-9-13(19)17-15(16)14(11)12;2*15-14-13-9(7-12(18)17-14)3-1-5-11(13)19-8-10-4-2-6-16-10;15-14-13-9(8-12(17)16-14)2-1-3-11(13)19-10-4-6-18-7-5-10;15-14-13-9(8-12(17)16-14)4-3-7-11(13)18-10-5-1-2-6-10;/h4-6,13H,7-11H2,1-3H3,(H2,20,21,23);4-5,8,11H,1-3,6-7,9H2,(H2,16,17,18);4,7-8H,2-3,5-6,9H2,1H3,(H2,16,17,19);2*1,3,5,10,16H,2,4,6-8H2,(H2,15,17,18);1-3,10H,4-8H2,(H2,15,16,17);3-4,7,10H,1-2,5-6,8H2,(H2,15,16,17);1H4/t;;;2*10-;;;/m...10.../s1. The Morgan fingerprint density at radius 1 is 0.400 bits per heavy atom. The molecular weight excluding hydrogens is 1780 g/mol. The molecule has 742 valence electrons. The van der Waals surface area contributed by atoms with Crippen molar-refractivity contribution in [3.05, 3.63) is 211 Å². The van der Waals surface area contributed by atoms with Crippen molar-refractivity contribution in [2.75, 3.05) is 52.6 Å². The van der Waals surface area contributed by atoms with Crippen LogP contribution >= 0.6 is 0 Å². The quantitative estimate of drug-likeness (QED) is 0.0335. The molecular formula is C106H131N17O17. The highest BCUT2D eigenvalue weighted by molar-refractivity contribution is 6.16. The third-order valence-corrected chi connectivity index (χ3v) is 25.6. The van der Waals surface area contributed by atoms with Crippen LogP contribution in [0.1, 0.15) is 247 Å². The molecule has 16 N–H and O–H groups in total. The molecule has 34 nitrogen and oxygen atoms in total. The largest absolute Gasteiger partial charge is 0.491 e. The number of aliphatic imine (C=N–C) groups is 5. The summed E-state index contributed by atoms with van der Waals surface area (Å²) in [5, 5.41) is 27.8. The third kappa shape index (κ3) is 28.5. The van der Waals surface area contributed by atoms with Crippen LogP contribution in [0.3, 0.4) is 0 Å². The fourth-order valence-electron chi connectivity index (χ4n) is 18.9. The van der Waals surface area contributed by atoms with Crippen LogP contribution in [0.25, 0.3) is 0 Å². The smallest absolute Gasteiger partial charge is 0.410 e. The molecule has 0 spiro atoms. The monoisotopic (exact) mass is 1910 g/mol. The molecule has 11 heterocycles. The number of nitrogens with one attached hydrogen (secondary N) is 6. The topological polar surface area (TPSA) is 518 Å². The highest BCUT2D eigenvalue weighted by Crippen LogP contribution is 2.37. The minimum absolute atomic E-state index is 0. The van der Waals surface area contributed by atoms with Gasteiger partial charge in [0.1, 0.15) is 112 Å². The van der Waals surface area contributed by atoms with Gasteiger partial charge in [-0.15, -0.1) is 0 Å². The average Bonchev–Trinajstić information content (AvgIpc) is 0.951. The number of hydrogen-bond donors (Lipinski definition) is 11. The second kappa shape index (κ2) is 49.1. The number of nitrogens with two attached hydrogens (primary N) is 5. The number of nitrogens with zero attached hydrogens (tertiary/aromatic N) is 6. The number of benzene rings is 7. The molecule has 140 heavy (non-hydrogen) atoms. The zero-order valence-electron chi connectivity index (χ0n) is 79.6. The number of Topliss-reactive ketones (excluding diaryl/α,β-unsaturated/α-hetero) is 1. The number of carbonyl (C=O) groups is 9. The SMILES string of the molecule is C.CC(=O)CCCCc1cccc2c1C(=N)NC(=O)C2.CC(C)(C)OC(=O)N1CCC(Oc2cccc3c2C(=N)NC(=O)C3)CC1.NC1=NC(=O)Cc2cccc(OC3CCCC3)c21.NC1=NC(=O)Cc2cccc(OC3CCCCC3)c21.NC1=NC(=O)Cc2cccc(OC3CCOCC3)c21.NC1=NC(=O)Cc2cccc(OC[C@@H]3CCCN3)c21.NC1=NC(=O)Cc2cccc(OC[C@H]3CCCN3)c21. The van der Waals surface area contributed by atoms with E-state index in [9.17, 15) is 43.2 Å². The third-order valence-electron chi connectivity index (χ3n) is 25.6. The van der Waals surface area contributed by atoms with Crippen molar-refractivity contribution in [1.82, 2.24) is 26.2 Å². The molecule has 34 heteroatoms. The Hall–Kier alpha value is -13.9. The molecule has 0 bridgehead atoms. The molecule has 0 radical (unpaired) electrons.